The third-order valence-corrected chi connectivity index (χ3v) is 4.20. The average Bonchev–Trinajstić information content (AvgIpc) is 2.27. The van der Waals surface area contributed by atoms with E-state index in [1.165, 1.54) is 12.8 Å². The maximum absolute atomic E-state index is 11.7. The van der Waals surface area contributed by atoms with Crippen LogP contribution in [0.3, 0.4) is 0 Å². The van der Waals surface area contributed by atoms with Crippen LogP contribution in [-0.2, 0) is 10.2 Å². The van der Waals surface area contributed by atoms with E-state index in [0.717, 1.165) is 13.0 Å². The highest BCUT2D eigenvalue weighted by Gasteiger charge is 2.23. The van der Waals surface area contributed by atoms with Crippen molar-refractivity contribution in [3.63, 3.8) is 0 Å². The highest BCUT2D eigenvalue weighted by atomic mass is 32.2. The first-order valence-corrected chi connectivity index (χ1v) is 7.89. The Morgan fingerprint density at radius 3 is 2.53 bits per heavy atom. The maximum Gasteiger partial charge on any atom is 0.277 e. The molecule has 1 saturated heterocycles. The molecule has 5 nitrogen and oxygen atoms in total. The average molecular weight is 263 g/mol. The fourth-order valence-electron chi connectivity index (χ4n) is 1.95. The lowest BCUT2D eigenvalue weighted by Crippen LogP contribution is -2.52. The maximum atomic E-state index is 11.7. The fraction of sp³-hybridized carbons (Fsp3) is 1.00. The van der Waals surface area contributed by atoms with Crippen LogP contribution in [0.5, 0.6) is 0 Å². The molecule has 0 aromatic rings. The van der Waals surface area contributed by atoms with Crippen molar-refractivity contribution in [2.24, 2.45) is 5.92 Å². The molecule has 2 atom stereocenters. The Bertz CT molecular complexity index is 311. The molecule has 2 unspecified atom stereocenters. The molecular formula is C11H25N3O2S. The van der Waals surface area contributed by atoms with Gasteiger partial charge in [0.05, 0.1) is 0 Å². The number of piperidine rings is 1. The Hall–Kier alpha value is -0.170. The zero-order valence-electron chi connectivity index (χ0n) is 11.0. The monoisotopic (exact) mass is 263 g/mol. The molecule has 17 heavy (non-hydrogen) atoms. The summed E-state index contributed by atoms with van der Waals surface area (Å²) >= 11 is 0. The second kappa shape index (κ2) is 6.68. The minimum atomic E-state index is -3.37. The van der Waals surface area contributed by atoms with E-state index < -0.39 is 10.2 Å². The summed E-state index contributed by atoms with van der Waals surface area (Å²) in [5.74, 6) is 0.315. The Balaban J connectivity index is 2.40. The molecule has 0 aromatic heterocycles. The lowest BCUT2D eigenvalue weighted by atomic mass is 10.00. The Morgan fingerprint density at radius 2 is 2.00 bits per heavy atom. The summed E-state index contributed by atoms with van der Waals surface area (Å²) in [5.41, 5.74) is 0. The van der Waals surface area contributed by atoms with E-state index in [-0.39, 0.29) is 12.1 Å². The van der Waals surface area contributed by atoms with Gasteiger partial charge in [-0.05, 0) is 32.2 Å². The number of nitrogens with one attached hydrogen (secondary N) is 3. The Morgan fingerprint density at radius 1 is 1.29 bits per heavy atom. The molecule has 6 heteroatoms. The van der Waals surface area contributed by atoms with Crippen LogP contribution >= 0.6 is 0 Å². The van der Waals surface area contributed by atoms with Crippen LogP contribution in [0.1, 0.15) is 40.0 Å². The van der Waals surface area contributed by atoms with Gasteiger partial charge in [-0.3, -0.25) is 0 Å². The zero-order chi connectivity index (χ0) is 12.9. The van der Waals surface area contributed by atoms with Gasteiger partial charge in [-0.2, -0.15) is 13.1 Å². The second-order valence-electron chi connectivity index (χ2n) is 5.21. The van der Waals surface area contributed by atoms with Crippen LogP contribution in [0.2, 0.25) is 0 Å². The van der Waals surface area contributed by atoms with Gasteiger partial charge in [0.1, 0.15) is 0 Å². The van der Waals surface area contributed by atoms with Gasteiger partial charge in [0.15, 0.2) is 0 Å². The van der Waals surface area contributed by atoms with E-state index in [2.05, 4.69) is 14.8 Å². The van der Waals surface area contributed by atoms with Crippen molar-refractivity contribution >= 4 is 10.2 Å². The molecule has 0 aromatic carbocycles. The summed E-state index contributed by atoms with van der Waals surface area (Å²) in [4.78, 5) is 0. The summed E-state index contributed by atoms with van der Waals surface area (Å²) in [5, 5.41) is 3.35. The number of rotatable bonds is 6. The molecule has 1 aliphatic heterocycles. The summed E-state index contributed by atoms with van der Waals surface area (Å²) in [6.07, 6.45) is 3.39. The van der Waals surface area contributed by atoms with Gasteiger partial charge in [-0.1, -0.05) is 20.3 Å². The molecule has 0 radical (unpaired) electrons. The van der Waals surface area contributed by atoms with Crippen LogP contribution in [0.15, 0.2) is 0 Å². The van der Waals surface area contributed by atoms with Gasteiger partial charge in [0.25, 0.3) is 10.2 Å². The topological polar surface area (TPSA) is 70.2 Å². The minimum absolute atomic E-state index is 0.0695. The summed E-state index contributed by atoms with van der Waals surface area (Å²) in [6, 6.07) is 0.180. The first kappa shape index (κ1) is 14.9. The van der Waals surface area contributed by atoms with Crippen molar-refractivity contribution in [3.8, 4) is 0 Å². The van der Waals surface area contributed by atoms with E-state index in [0.29, 0.717) is 12.5 Å². The second-order valence-corrected chi connectivity index (χ2v) is 6.74. The van der Waals surface area contributed by atoms with Crippen LogP contribution in [0, 0.1) is 5.92 Å². The third-order valence-electron chi connectivity index (χ3n) is 2.97. The summed E-state index contributed by atoms with van der Waals surface area (Å²) < 4.78 is 28.7. The van der Waals surface area contributed by atoms with Gasteiger partial charge in [0.2, 0.25) is 0 Å². The van der Waals surface area contributed by atoms with E-state index in [1.807, 2.05) is 20.8 Å². The van der Waals surface area contributed by atoms with Crippen molar-refractivity contribution in [2.45, 2.75) is 52.1 Å². The van der Waals surface area contributed by atoms with Crippen molar-refractivity contribution in [2.75, 3.05) is 13.1 Å². The fourth-order valence-corrected chi connectivity index (χ4v) is 3.24. The van der Waals surface area contributed by atoms with Gasteiger partial charge in [-0.15, -0.1) is 0 Å². The summed E-state index contributed by atoms with van der Waals surface area (Å²) in [7, 11) is -3.37. The van der Waals surface area contributed by atoms with Crippen LogP contribution < -0.4 is 14.8 Å². The molecule has 0 spiro atoms. The van der Waals surface area contributed by atoms with Crippen LogP contribution in [0.25, 0.3) is 0 Å². The molecule has 0 bridgehead atoms. The normalized spacial score (nSPS) is 23.9. The molecule has 0 amide bonds. The highest BCUT2D eigenvalue weighted by molar-refractivity contribution is 7.87. The van der Waals surface area contributed by atoms with Gasteiger partial charge >= 0.3 is 0 Å². The molecule has 3 N–H and O–H groups in total. The van der Waals surface area contributed by atoms with Crippen molar-refractivity contribution in [3.05, 3.63) is 0 Å². The van der Waals surface area contributed by atoms with Crippen molar-refractivity contribution < 1.29 is 8.42 Å². The standard InChI is InChI=1S/C11H25N3O2S/c1-9(2)8-13-17(15,16)14-10(3)11-6-4-5-7-12-11/h9-14H,4-8H2,1-3H3. The lowest BCUT2D eigenvalue weighted by Gasteiger charge is -2.29. The molecule has 0 aliphatic carbocycles. The predicted molar refractivity (Wildman–Crippen MR) is 70.0 cm³/mol. The van der Waals surface area contributed by atoms with E-state index in [9.17, 15) is 8.42 Å². The lowest BCUT2D eigenvalue weighted by molar-refractivity contribution is 0.346. The zero-order valence-corrected chi connectivity index (χ0v) is 11.8. The number of hydrogen-bond acceptors (Lipinski definition) is 3. The van der Waals surface area contributed by atoms with E-state index in [4.69, 9.17) is 0 Å². The van der Waals surface area contributed by atoms with Crippen LogP contribution in [-0.4, -0.2) is 33.6 Å². The van der Waals surface area contributed by atoms with Gasteiger partial charge in [-0.25, -0.2) is 4.72 Å². The van der Waals surface area contributed by atoms with Crippen molar-refractivity contribution in [1.82, 2.24) is 14.8 Å². The molecule has 1 heterocycles. The quantitative estimate of drug-likeness (QED) is 0.657. The molecule has 102 valence electrons. The van der Waals surface area contributed by atoms with Crippen LogP contribution in [0.4, 0.5) is 0 Å². The Labute approximate surface area is 105 Å². The van der Waals surface area contributed by atoms with Crippen molar-refractivity contribution in [1.29, 1.82) is 0 Å². The molecular weight excluding hydrogens is 238 g/mol. The molecule has 1 aliphatic rings. The van der Waals surface area contributed by atoms with Gasteiger partial charge in [0, 0.05) is 18.6 Å². The molecule has 0 saturated carbocycles. The molecule has 1 rings (SSSR count). The Kier molecular flexibility index (Phi) is 5.85. The third kappa shape index (κ3) is 5.81. The first-order valence-electron chi connectivity index (χ1n) is 6.41. The highest BCUT2D eigenvalue weighted by Crippen LogP contribution is 2.10. The van der Waals surface area contributed by atoms with E-state index in [1.54, 1.807) is 0 Å². The first-order chi connectivity index (χ1) is 7.91. The predicted octanol–water partition coefficient (Wildman–Crippen LogP) is 0.597. The van der Waals surface area contributed by atoms with E-state index >= 15 is 0 Å². The minimum Gasteiger partial charge on any atom is -0.312 e. The SMILES string of the molecule is CC(C)CNS(=O)(=O)NC(C)C1CCCCN1. The van der Waals surface area contributed by atoms with Gasteiger partial charge < -0.3 is 5.32 Å². The number of hydrogen-bond donors (Lipinski definition) is 3. The smallest absolute Gasteiger partial charge is 0.277 e. The summed E-state index contributed by atoms with van der Waals surface area (Å²) in [6.45, 7) is 7.33. The molecule has 1 fully saturated rings. The largest absolute Gasteiger partial charge is 0.312 e.